The molecule has 1 nitrogen and oxygen atoms in total. The summed E-state index contributed by atoms with van der Waals surface area (Å²) in [6.45, 7) is 3.12. The Kier molecular flexibility index (Phi) is 11.6. The number of thioether (sulfide) groups is 1. The lowest BCUT2D eigenvalue weighted by Crippen LogP contribution is -1.98. The fourth-order valence-electron chi connectivity index (χ4n) is 1.08. The summed E-state index contributed by atoms with van der Waals surface area (Å²) in [7, 11) is 0. The van der Waals surface area contributed by atoms with Gasteiger partial charge in [0.05, 0.1) is 0 Å². The van der Waals surface area contributed by atoms with Crippen LogP contribution in [-0.4, -0.2) is 18.1 Å². The van der Waals surface area contributed by atoms with Crippen molar-refractivity contribution in [3.63, 3.8) is 0 Å². The molecule has 12 heavy (non-hydrogen) atoms. The van der Waals surface area contributed by atoms with Gasteiger partial charge in [0, 0.05) is 0 Å². The minimum Gasteiger partial charge on any atom is -0.330 e. The highest BCUT2D eigenvalue weighted by Gasteiger charge is 1.90. The maximum Gasteiger partial charge on any atom is -0.00675 e. The van der Waals surface area contributed by atoms with Crippen molar-refractivity contribution in [1.29, 1.82) is 0 Å². The van der Waals surface area contributed by atoms with E-state index in [-0.39, 0.29) is 0 Å². The minimum absolute atomic E-state index is 0.862. The van der Waals surface area contributed by atoms with E-state index in [1.165, 1.54) is 50.0 Å². The summed E-state index contributed by atoms with van der Waals surface area (Å²) in [5.74, 6) is 2.69. The Morgan fingerprint density at radius 1 is 0.917 bits per heavy atom. The van der Waals surface area contributed by atoms with E-state index in [1.807, 2.05) is 0 Å². The number of hydrogen-bond donors (Lipinski definition) is 1. The van der Waals surface area contributed by atoms with E-state index in [0.717, 1.165) is 6.54 Å². The first-order valence-corrected chi connectivity index (χ1v) is 6.35. The van der Waals surface area contributed by atoms with Gasteiger partial charge in [-0.2, -0.15) is 11.8 Å². The molecular weight excluding hydrogens is 166 g/mol. The Morgan fingerprint density at radius 3 is 2.17 bits per heavy atom. The van der Waals surface area contributed by atoms with Gasteiger partial charge in [-0.1, -0.05) is 26.2 Å². The third kappa shape index (κ3) is 10.3. The molecule has 0 unspecified atom stereocenters. The molecule has 0 aliphatic carbocycles. The normalized spacial score (nSPS) is 10.5. The smallest absolute Gasteiger partial charge is 0.00675 e. The summed E-state index contributed by atoms with van der Waals surface area (Å²) in [6, 6.07) is 0. The fourth-order valence-corrected chi connectivity index (χ4v) is 2.10. The van der Waals surface area contributed by atoms with Crippen molar-refractivity contribution in [2.24, 2.45) is 5.73 Å². The lowest BCUT2D eigenvalue weighted by atomic mass is 10.2. The van der Waals surface area contributed by atoms with Crippen molar-refractivity contribution in [2.75, 3.05) is 18.1 Å². The lowest BCUT2D eigenvalue weighted by Gasteiger charge is -2.00. The Bertz CT molecular complexity index is 66.2. The van der Waals surface area contributed by atoms with E-state index in [0.29, 0.717) is 0 Å². The van der Waals surface area contributed by atoms with Crippen LogP contribution in [0.15, 0.2) is 0 Å². The number of nitrogens with two attached hydrogens (primary N) is 1. The van der Waals surface area contributed by atoms with Gasteiger partial charge in [0.25, 0.3) is 0 Å². The molecular formula is C10H23NS. The molecule has 0 aliphatic heterocycles. The number of rotatable bonds is 9. The highest BCUT2D eigenvalue weighted by atomic mass is 32.2. The Morgan fingerprint density at radius 2 is 1.58 bits per heavy atom. The Labute approximate surface area is 81.5 Å². The largest absolute Gasteiger partial charge is 0.330 e. The van der Waals surface area contributed by atoms with Crippen molar-refractivity contribution in [3.8, 4) is 0 Å². The SMILES string of the molecule is CCCCCSCCCCCN. The zero-order valence-electron chi connectivity index (χ0n) is 8.35. The van der Waals surface area contributed by atoms with Crippen LogP contribution in [0.2, 0.25) is 0 Å². The van der Waals surface area contributed by atoms with Gasteiger partial charge in [-0.25, -0.2) is 0 Å². The maximum absolute atomic E-state index is 5.40. The van der Waals surface area contributed by atoms with Crippen LogP contribution in [0, 0.1) is 0 Å². The predicted molar refractivity (Wildman–Crippen MR) is 59.8 cm³/mol. The molecule has 0 saturated carbocycles. The first-order chi connectivity index (χ1) is 5.91. The average molecular weight is 189 g/mol. The van der Waals surface area contributed by atoms with Gasteiger partial charge in [0.1, 0.15) is 0 Å². The van der Waals surface area contributed by atoms with Crippen LogP contribution in [0.4, 0.5) is 0 Å². The van der Waals surface area contributed by atoms with Gasteiger partial charge in [-0.15, -0.1) is 0 Å². The summed E-state index contributed by atoms with van der Waals surface area (Å²) >= 11 is 2.10. The molecule has 0 aliphatic rings. The Balaban J connectivity index is 2.73. The van der Waals surface area contributed by atoms with Gasteiger partial charge in [-0.3, -0.25) is 0 Å². The summed E-state index contributed by atoms with van der Waals surface area (Å²) in [5, 5.41) is 0. The zero-order chi connectivity index (χ0) is 9.07. The van der Waals surface area contributed by atoms with Crippen LogP contribution < -0.4 is 5.73 Å². The zero-order valence-corrected chi connectivity index (χ0v) is 9.17. The molecule has 0 aromatic heterocycles. The van der Waals surface area contributed by atoms with Crippen LogP contribution in [0.3, 0.4) is 0 Å². The van der Waals surface area contributed by atoms with Crippen LogP contribution in [0.25, 0.3) is 0 Å². The highest BCUT2D eigenvalue weighted by Crippen LogP contribution is 2.09. The number of unbranched alkanes of at least 4 members (excludes halogenated alkanes) is 4. The molecule has 0 bridgehead atoms. The molecule has 0 spiro atoms. The minimum atomic E-state index is 0.862. The van der Waals surface area contributed by atoms with Crippen molar-refractivity contribution in [3.05, 3.63) is 0 Å². The van der Waals surface area contributed by atoms with Gasteiger partial charge < -0.3 is 5.73 Å². The second-order valence-electron chi connectivity index (χ2n) is 3.17. The molecule has 0 amide bonds. The molecule has 0 rings (SSSR count). The van der Waals surface area contributed by atoms with Crippen LogP contribution >= 0.6 is 11.8 Å². The van der Waals surface area contributed by atoms with Crippen molar-refractivity contribution in [1.82, 2.24) is 0 Å². The molecule has 2 heteroatoms. The topological polar surface area (TPSA) is 26.0 Å². The molecule has 74 valence electrons. The van der Waals surface area contributed by atoms with E-state index < -0.39 is 0 Å². The molecule has 0 saturated heterocycles. The quantitative estimate of drug-likeness (QED) is 0.564. The van der Waals surface area contributed by atoms with Crippen molar-refractivity contribution in [2.45, 2.75) is 45.4 Å². The van der Waals surface area contributed by atoms with E-state index >= 15 is 0 Å². The number of hydrogen-bond acceptors (Lipinski definition) is 2. The van der Waals surface area contributed by atoms with E-state index in [4.69, 9.17) is 5.73 Å². The second-order valence-corrected chi connectivity index (χ2v) is 4.39. The van der Waals surface area contributed by atoms with Crippen LogP contribution in [0.5, 0.6) is 0 Å². The standard InChI is InChI=1S/C10H23NS/c1-2-3-6-9-12-10-7-4-5-8-11/h2-11H2,1H3. The predicted octanol–water partition coefficient (Wildman–Crippen LogP) is 3.04. The summed E-state index contributed by atoms with van der Waals surface area (Å²) in [5.41, 5.74) is 5.40. The average Bonchev–Trinajstić information content (AvgIpc) is 2.10. The Hall–Kier alpha value is 0.310. The first-order valence-electron chi connectivity index (χ1n) is 5.19. The van der Waals surface area contributed by atoms with Gasteiger partial charge in [-0.05, 0) is 37.3 Å². The molecule has 0 atom stereocenters. The van der Waals surface area contributed by atoms with Gasteiger partial charge in [0.15, 0.2) is 0 Å². The summed E-state index contributed by atoms with van der Waals surface area (Å²) < 4.78 is 0. The van der Waals surface area contributed by atoms with Crippen molar-refractivity contribution >= 4 is 11.8 Å². The second kappa shape index (κ2) is 11.3. The van der Waals surface area contributed by atoms with E-state index in [1.54, 1.807) is 0 Å². The fraction of sp³-hybridized carbons (Fsp3) is 1.00. The third-order valence-electron chi connectivity index (χ3n) is 1.89. The molecule has 0 aromatic rings. The maximum atomic E-state index is 5.40. The molecule has 0 heterocycles. The highest BCUT2D eigenvalue weighted by molar-refractivity contribution is 7.99. The van der Waals surface area contributed by atoms with Gasteiger partial charge >= 0.3 is 0 Å². The summed E-state index contributed by atoms with van der Waals surface area (Å²) in [4.78, 5) is 0. The van der Waals surface area contributed by atoms with E-state index in [2.05, 4.69) is 18.7 Å². The lowest BCUT2D eigenvalue weighted by molar-refractivity contribution is 0.731. The van der Waals surface area contributed by atoms with Crippen molar-refractivity contribution < 1.29 is 0 Å². The third-order valence-corrected chi connectivity index (χ3v) is 3.04. The van der Waals surface area contributed by atoms with Crippen LogP contribution in [-0.2, 0) is 0 Å². The molecule has 0 radical (unpaired) electrons. The molecule has 0 fully saturated rings. The summed E-state index contributed by atoms with van der Waals surface area (Å²) in [6.07, 6.45) is 8.02. The molecule has 2 N–H and O–H groups in total. The first kappa shape index (κ1) is 12.3. The monoisotopic (exact) mass is 189 g/mol. The molecule has 0 aromatic carbocycles. The van der Waals surface area contributed by atoms with E-state index in [9.17, 15) is 0 Å². The van der Waals surface area contributed by atoms with Crippen LogP contribution in [0.1, 0.15) is 45.4 Å². The van der Waals surface area contributed by atoms with Gasteiger partial charge in [0.2, 0.25) is 0 Å².